The number of hydrogen-bond donors (Lipinski definition) is 1. The molecule has 3 heteroatoms. The Labute approximate surface area is 159 Å². The molecule has 136 valence electrons. The van der Waals surface area contributed by atoms with Crippen molar-refractivity contribution < 1.29 is 0 Å². The van der Waals surface area contributed by atoms with Crippen molar-refractivity contribution in [2.75, 3.05) is 0 Å². The molecule has 0 unspecified atom stereocenters. The number of aromatic amines is 1. The smallest absolute Gasteiger partial charge is 0.209 e. The van der Waals surface area contributed by atoms with Crippen LogP contribution < -0.4 is 10.9 Å². The maximum Gasteiger partial charge on any atom is 0.209 e. The summed E-state index contributed by atoms with van der Waals surface area (Å²) in [5, 5.41) is 0. The number of nitrogens with zero attached hydrogens (tertiary/aromatic N) is 1. The first-order valence-electron chi connectivity index (χ1n) is 9.91. The molecule has 0 saturated carbocycles. The summed E-state index contributed by atoms with van der Waals surface area (Å²) >= 11 is 0. The number of unbranched alkanes of at least 4 members (excludes halogenated alkanes) is 1. The number of aromatic nitrogens is 2. The number of nitrogens with one attached hydrogen (secondary N) is 1. The SMILES string of the molecule is CCCCB(c1ccccc1)c1ccccc1.CCc1nc[nH]c1CC. The maximum absolute atomic E-state index is 4.15. The van der Waals surface area contributed by atoms with E-state index in [9.17, 15) is 0 Å². The molecule has 0 saturated heterocycles. The molecule has 0 radical (unpaired) electrons. The van der Waals surface area contributed by atoms with Gasteiger partial charge < -0.3 is 4.98 Å². The molecule has 2 nitrogen and oxygen atoms in total. The molecule has 0 fully saturated rings. The van der Waals surface area contributed by atoms with E-state index in [4.69, 9.17) is 0 Å². The van der Waals surface area contributed by atoms with Crippen molar-refractivity contribution in [2.24, 2.45) is 0 Å². The predicted molar refractivity (Wildman–Crippen MR) is 115 cm³/mol. The van der Waals surface area contributed by atoms with E-state index in [1.807, 2.05) is 0 Å². The second-order valence-corrected chi connectivity index (χ2v) is 6.55. The molecule has 0 aliphatic heterocycles. The van der Waals surface area contributed by atoms with Crippen LogP contribution in [-0.2, 0) is 12.8 Å². The normalized spacial score (nSPS) is 10.1. The van der Waals surface area contributed by atoms with Gasteiger partial charge in [-0.15, -0.1) is 0 Å². The van der Waals surface area contributed by atoms with Crippen LogP contribution in [0.5, 0.6) is 0 Å². The standard InChI is InChI=1S/C16H19B.C7H12N2/c1-2-3-14-17(15-10-6-4-7-11-15)16-12-8-5-9-13-16;1-3-6-7(4-2)9-5-8-6/h4-13H,2-3,14H2,1H3;5H,3-4H2,1-2H3,(H,8,9). The highest BCUT2D eigenvalue weighted by atomic mass is 14.9. The Morgan fingerprint density at radius 2 is 1.38 bits per heavy atom. The second-order valence-electron chi connectivity index (χ2n) is 6.55. The summed E-state index contributed by atoms with van der Waals surface area (Å²) in [4.78, 5) is 7.25. The quantitative estimate of drug-likeness (QED) is 0.621. The highest BCUT2D eigenvalue weighted by molar-refractivity contribution is 6.85. The molecule has 26 heavy (non-hydrogen) atoms. The summed E-state index contributed by atoms with van der Waals surface area (Å²) in [6.07, 6.45) is 7.64. The summed E-state index contributed by atoms with van der Waals surface area (Å²) in [6.45, 7) is 7.06. The average molecular weight is 346 g/mol. The number of rotatable bonds is 7. The molecule has 2 aromatic carbocycles. The summed E-state index contributed by atoms with van der Waals surface area (Å²) < 4.78 is 0. The van der Waals surface area contributed by atoms with Crippen molar-refractivity contribution in [3.63, 3.8) is 0 Å². The first-order chi connectivity index (χ1) is 12.8. The minimum Gasteiger partial charge on any atom is -0.348 e. The lowest BCUT2D eigenvalue weighted by Gasteiger charge is -2.14. The van der Waals surface area contributed by atoms with Gasteiger partial charge in [0.2, 0.25) is 6.71 Å². The first-order valence-corrected chi connectivity index (χ1v) is 9.91. The fourth-order valence-corrected chi connectivity index (χ4v) is 3.26. The summed E-state index contributed by atoms with van der Waals surface area (Å²) in [6, 6.07) is 21.7. The molecule has 0 atom stereocenters. The highest BCUT2D eigenvalue weighted by Gasteiger charge is 2.17. The Balaban J connectivity index is 0.000000228. The third kappa shape index (κ3) is 5.91. The van der Waals surface area contributed by atoms with Gasteiger partial charge in [0.25, 0.3) is 0 Å². The van der Waals surface area contributed by atoms with Crippen molar-refractivity contribution in [3.05, 3.63) is 78.4 Å². The highest BCUT2D eigenvalue weighted by Crippen LogP contribution is 2.04. The molecule has 1 heterocycles. The Kier molecular flexibility index (Phi) is 8.75. The van der Waals surface area contributed by atoms with Gasteiger partial charge in [-0.2, -0.15) is 0 Å². The molecule has 3 aromatic rings. The zero-order valence-electron chi connectivity index (χ0n) is 16.4. The second kappa shape index (κ2) is 11.4. The van der Waals surface area contributed by atoms with Crippen LogP contribution >= 0.6 is 0 Å². The van der Waals surface area contributed by atoms with E-state index in [0.29, 0.717) is 6.71 Å². The third-order valence-corrected chi connectivity index (χ3v) is 4.75. The van der Waals surface area contributed by atoms with Crippen LogP contribution in [0.4, 0.5) is 0 Å². The molecular weight excluding hydrogens is 315 g/mol. The molecule has 0 bridgehead atoms. The van der Waals surface area contributed by atoms with Gasteiger partial charge in [0.1, 0.15) is 0 Å². The predicted octanol–water partition coefficient (Wildman–Crippen LogP) is 4.63. The number of aryl methyl sites for hydroxylation is 2. The molecule has 0 amide bonds. The summed E-state index contributed by atoms with van der Waals surface area (Å²) in [7, 11) is 0. The molecule has 0 spiro atoms. The average Bonchev–Trinajstić information content (AvgIpc) is 3.18. The fourth-order valence-electron chi connectivity index (χ4n) is 3.26. The first kappa shape index (κ1) is 20.0. The van der Waals surface area contributed by atoms with Crippen LogP contribution in [0.25, 0.3) is 0 Å². The van der Waals surface area contributed by atoms with E-state index in [2.05, 4.69) is 91.4 Å². The van der Waals surface area contributed by atoms with Crippen LogP contribution in [0.1, 0.15) is 45.0 Å². The van der Waals surface area contributed by atoms with Gasteiger partial charge in [-0.05, 0) is 12.8 Å². The minimum absolute atomic E-state index is 0.553. The van der Waals surface area contributed by atoms with Crippen LogP contribution in [0, 0.1) is 0 Å². The van der Waals surface area contributed by atoms with Gasteiger partial charge >= 0.3 is 0 Å². The van der Waals surface area contributed by atoms with Gasteiger partial charge in [0, 0.05) is 5.69 Å². The Bertz CT molecular complexity index is 664. The van der Waals surface area contributed by atoms with E-state index < -0.39 is 0 Å². The van der Waals surface area contributed by atoms with Crippen LogP contribution in [-0.4, -0.2) is 16.7 Å². The topological polar surface area (TPSA) is 28.7 Å². The molecule has 0 aliphatic carbocycles. The Morgan fingerprint density at radius 1 is 0.808 bits per heavy atom. The fraction of sp³-hybridized carbons (Fsp3) is 0.348. The van der Waals surface area contributed by atoms with Crippen molar-refractivity contribution in [1.82, 2.24) is 9.97 Å². The van der Waals surface area contributed by atoms with E-state index in [0.717, 1.165) is 12.8 Å². The number of H-pyrrole nitrogens is 1. The van der Waals surface area contributed by atoms with Crippen molar-refractivity contribution >= 4 is 17.6 Å². The molecule has 3 rings (SSSR count). The van der Waals surface area contributed by atoms with E-state index in [1.165, 1.54) is 41.5 Å². The van der Waals surface area contributed by atoms with Gasteiger partial charge in [0.15, 0.2) is 0 Å². The van der Waals surface area contributed by atoms with Gasteiger partial charge in [-0.1, -0.05) is 112 Å². The molecular formula is C23H31BN2. The largest absolute Gasteiger partial charge is 0.348 e. The van der Waals surface area contributed by atoms with Crippen LogP contribution in [0.15, 0.2) is 67.0 Å². The maximum atomic E-state index is 4.15. The zero-order chi connectivity index (χ0) is 18.6. The van der Waals surface area contributed by atoms with Crippen LogP contribution in [0.3, 0.4) is 0 Å². The third-order valence-electron chi connectivity index (χ3n) is 4.75. The number of imidazole rings is 1. The minimum atomic E-state index is 0.553. The van der Waals surface area contributed by atoms with Crippen LogP contribution in [0.2, 0.25) is 6.32 Å². The van der Waals surface area contributed by atoms with Gasteiger partial charge in [-0.3, -0.25) is 0 Å². The lowest BCUT2D eigenvalue weighted by atomic mass is 9.38. The summed E-state index contributed by atoms with van der Waals surface area (Å²) in [5.41, 5.74) is 5.36. The van der Waals surface area contributed by atoms with E-state index in [1.54, 1.807) is 6.33 Å². The zero-order valence-corrected chi connectivity index (χ0v) is 16.4. The van der Waals surface area contributed by atoms with Crippen molar-refractivity contribution in [1.29, 1.82) is 0 Å². The Hall–Kier alpha value is -2.29. The van der Waals surface area contributed by atoms with Crippen molar-refractivity contribution in [2.45, 2.75) is 52.8 Å². The molecule has 1 N–H and O–H groups in total. The van der Waals surface area contributed by atoms with E-state index >= 15 is 0 Å². The Morgan fingerprint density at radius 3 is 1.81 bits per heavy atom. The van der Waals surface area contributed by atoms with Gasteiger partial charge in [-0.25, -0.2) is 4.98 Å². The molecule has 1 aromatic heterocycles. The molecule has 0 aliphatic rings. The van der Waals surface area contributed by atoms with Crippen molar-refractivity contribution in [3.8, 4) is 0 Å². The van der Waals surface area contributed by atoms with Gasteiger partial charge in [0.05, 0.1) is 12.0 Å². The monoisotopic (exact) mass is 346 g/mol. The van der Waals surface area contributed by atoms with E-state index in [-0.39, 0.29) is 0 Å². The number of hydrogen-bond acceptors (Lipinski definition) is 1. The summed E-state index contributed by atoms with van der Waals surface area (Å²) in [5.74, 6) is 0. The number of benzene rings is 2. The lowest BCUT2D eigenvalue weighted by molar-refractivity contribution is 0.878. The lowest BCUT2D eigenvalue weighted by Crippen LogP contribution is -2.41.